The van der Waals surface area contributed by atoms with Crippen LogP contribution in [0.1, 0.15) is 71.1 Å². The topological polar surface area (TPSA) is 63.0 Å². The van der Waals surface area contributed by atoms with Crippen molar-refractivity contribution in [2.45, 2.75) is 45.6 Å². The van der Waals surface area contributed by atoms with Gasteiger partial charge in [-0.1, -0.05) is 75.4 Å². The van der Waals surface area contributed by atoms with Crippen LogP contribution in [0.4, 0.5) is 0 Å². The second-order valence-corrected chi connectivity index (χ2v) is 10.3. The van der Waals surface area contributed by atoms with E-state index in [1.54, 1.807) is 12.1 Å². The molecule has 0 atom stereocenters. The van der Waals surface area contributed by atoms with Gasteiger partial charge >= 0.3 is 5.97 Å². The lowest BCUT2D eigenvalue weighted by Gasteiger charge is -2.18. The minimum Gasteiger partial charge on any atom is -0.457 e. The number of hydrogen-bond acceptors (Lipinski definition) is 4. The zero-order valence-corrected chi connectivity index (χ0v) is 20.8. The molecule has 1 aliphatic carbocycles. The smallest absolute Gasteiger partial charge is 0.339 e. The average molecular weight is 473 g/mol. The molecule has 3 aromatic carbocycles. The summed E-state index contributed by atoms with van der Waals surface area (Å²) in [5.74, 6) is -0.343. The first-order valence-electron chi connectivity index (χ1n) is 12.2. The molecule has 178 valence electrons. The van der Waals surface area contributed by atoms with E-state index < -0.39 is 0 Å². The van der Waals surface area contributed by atoms with Gasteiger partial charge in [-0.05, 0) is 70.4 Å². The number of carbonyl (C=O) groups excluding carboxylic acids is 1. The average Bonchev–Trinajstić information content (AvgIpc) is 3.27. The van der Waals surface area contributed by atoms with Gasteiger partial charge < -0.3 is 4.74 Å². The van der Waals surface area contributed by atoms with Gasteiger partial charge in [-0.3, -0.25) is 0 Å². The maximum atomic E-state index is 13.4. The zero-order valence-electron chi connectivity index (χ0n) is 20.8. The highest BCUT2D eigenvalue weighted by molar-refractivity contribution is 6.07. The number of nitriles is 1. The maximum Gasteiger partial charge on any atom is 0.339 e. The van der Waals surface area contributed by atoms with Gasteiger partial charge in [0, 0.05) is 5.39 Å². The van der Waals surface area contributed by atoms with E-state index in [9.17, 15) is 4.79 Å². The molecule has 4 nitrogen and oxygen atoms in total. The Morgan fingerprint density at radius 3 is 2.42 bits per heavy atom. The van der Waals surface area contributed by atoms with Gasteiger partial charge in [0.05, 0.1) is 28.4 Å². The molecule has 0 N–H and O–H groups in total. The molecule has 0 amide bonds. The molecule has 0 bridgehead atoms. The minimum atomic E-state index is -0.343. The molecular weight excluding hydrogens is 444 g/mol. The van der Waals surface area contributed by atoms with E-state index in [2.05, 4.69) is 57.2 Å². The number of allylic oxidation sites excluding steroid dienone is 1. The molecule has 0 saturated heterocycles. The van der Waals surface area contributed by atoms with Crippen LogP contribution in [0.25, 0.3) is 22.6 Å². The number of esters is 1. The number of pyridine rings is 1. The van der Waals surface area contributed by atoms with Crippen molar-refractivity contribution < 1.29 is 9.53 Å². The van der Waals surface area contributed by atoms with Crippen LogP contribution in [-0.2, 0) is 23.2 Å². The monoisotopic (exact) mass is 472 g/mol. The molecular formula is C32H28N2O2. The van der Waals surface area contributed by atoms with E-state index in [1.165, 1.54) is 5.56 Å². The number of nitrogens with zero attached hydrogens (tertiary/aromatic N) is 2. The van der Waals surface area contributed by atoms with Crippen molar-refractivity contribution in [3.05, 3.63) is 112 Å². The Morgan fingerprint density at radius 2 is 1.72 bits per heavy atom. The van der Waals surface area contributed by atoms with Gasteiger partial charge in [-0.2, -0.15) is 5.26 Å². The molecule has 1 heterocycles. The summed E-state index contributed by atoms with van der Waals surface area (Å²) in [6.07, 6.45) is 3.77. The second kappa shape index (κ2) is 9.43. The first-order valence-corrected chi connectivity index (χ1v) is 12.2. The summed E-state index contributed by atoms with van der Waals surface area (Å²) in [5.41, 5.74) is 8.34. The first-order chi connectivity index (χ1) is 17.3. The van der Waals surface area contributed by atoms with E-state index in [-0.39, 0.29) is 18.0 Å². The van der Waals surface area contributed by atoms with E-state index in [0.29, 0.717) is 11.1 Å². The van der Waals surface area contributed by atoms with Crippen LogP contribution >= 0.6 is 0 Å². The molecule has 0 aliphatic heterocycles. The van der Waals surface area contributed by atoms with Crippen LogP contribution in [0.5, 0.6) is 0 Å². The summed E-state index contributed by atoms with van der Waals surface area (Å²) in [5, 5.41) is 9.81. The Balaban J connectivity index is 1.49. The number of ether oxygens (including phenoxy) is 1. The Bertz CT molecular complexity index is 1520. The Kier molecular flexibility index (Phi) is 6.16. The molecule has 4 aromatic rings. The molecule has 0 saturated carbocycles. The van der Waals surface area contributed by atoms with Gasteiger partial charge in [-0.15, -0.1) is 0 Å². The number of hydrogen-bond donors (Lipinski definition) is 0. The number of benzene rings is 3. The Labute approximate surface area is 211 Å². The number of carbonyl (C=O) groups is 1. The summed E-state index contributed by atoms with van der Waals surface area (Å²) < 4.78 is 5.75. The van der Waals surface area contributed by atoms with E-state index in [1.807, 2.05) is 36.4 Å². The molecule has 0 fully saturated rings. The van der Waals surface area contributed by atoms with Crippen molar-refractivity contribution in [1.82, 2.24) is 4.98 Å². The first kappa shape index (κ1) is 23.5. The fraction of sp³-hybridized carbons (Fsp3) is 0.219. The van der Waals surface area contributed by atoms with Crippen molar-refractivity contribution >= 4 is 28.5 Å². The predicted octanol–water partition coefficient (Wildman–Crippen LogP) is 7.25. The highest BCUT2D eigenvalue weighted by atomic mass is 16.5. The highest BCUT2D eigenvalue weighted by Gasteiger charge is 2.27. The largest absolute Gasteiger partial charge is 0.457 e. The van der Waals surface area contributed by atoms with E-state index >= 15 is 0 Å². The molecule has 0 unspecified atom stereocenters. The number of rotatable bonds is 4. The van der Waals surface area contributed by atoms with E-state index in [4.69, 9.17) is 15.0 Å². The Morgan fingerprint density at radius 1 is 1.00 bits per heavy atom. The van der Waals surface area contributed by atoms with Crippen LogP contribution in [0.15, 0.2) is 72.8 Å². The van der Waals surface area contributed by atoms with E-state index in [0.717, 1.165) is 51.7 Å². The standard InChI is InChI=1S/C32H28N2O2/c1-32(2,3)25-15-12-21(13-16-25)18-24-14-17-27-29(26-6-4-5-7-28(26)34-30(24)27)31(35)36-20-23-10-8-22(19-33)9-11-23/h4-13,15-16,18H,14,17,20H2,1-3H3. The maximum absolute atomic E-state index is 13.4. The third-order valence-electron chi connectivity index (χ3n) is 6.72. The van der Waals surface area contributed by atoms with Gasteiger partial charge in [0.1, 0.15) is 6.61 Å². The highest BCUT2D eigenvalue weighted by Crippen LogP contribution is 2.38. The SMILES string of the molecule is CC(C)(C)c1ccc(C=C2CCc3c2nc2ccccc2c3C(=O)OCc2ccc(C#N)cc2)cc1. The summed E-state index contributed by atoms with van der Waals surface area (Å²) in [4.78, 5) is 18.4. The molecule has 36 heavy (non-hydrogen) atoms. The normalized spacial score (nSPS) is 14.0. The van der Waals surface area contributed by atoms with Gasteiger partial charge in [0.2, 0.25) is 0 Å². The third kappa shape index (κ3) is 4.65. The van der Waals surface area contributed by atoms with Crippen LogP contribution < -0.4 is 0 Å². The van der Waals surface area contributed by atoms with Gasteiger partial charge in [0.25, 0.3) is 0 Å². The van der Waals surface area contributed by atoms with Crippen LogP contribution in [0, 0.1) is 11.3 Å². The predicted molar refractivity (Wildman–Crippen MR) is 143 cm³/mol. The van der Waals surface area contributed by atoms with Crippen molar-refractivity contribution in [3.8, 4) is 6.07 Å². The van der Waals surface area contributed by atoms with Gasteiger partial charge in [0.15, 0.2) is 0 Å². The van der Waals surface area contributed by atoms with Crippen LogP contribution in [-0.4, -0.2) is 11.0 Å². The minimum absolute atomic E-state index is 0.110. The van der Waals surface area contributed by atoms with Crippen LogP contribution in [0.3, 0.4) is 0 Å². The van der Waals surface area contributed by atoms with Crippen molar-refractivity contribution in [2.75, 3.05) is 0 Å². The second-order valence-electron chi connectivity index (χ2n) is 10.3. The lowest BCUT2D eigenvalue weighted by molar-refractivity contribution is 0.0474. The lowest BCUT2D eigenvalue weighted by atomic mass is 9.86. The fourth-order valence-electron chi connectivity index (χ4n) is 4.69. The van der Waals surface area contributed by atoms with Crippen molar-refractivity contribution in [1.29, 1.82) is 5.26 Å². The Hall–Kier alpha value is -4.23. The quantitative estimate of drug-likeness (QED) is 0.294. The number of aromatic nitrogens is 1. The summed E-state index contributed by atoms with van der Waals surface area (Å²) in [6.45, 7) is 6.79. The molecule has 1 aromatic heterocycles. The molecule has 4 heteroatoms. The summed E-state index contributed by atoms with van der Waals surface area (Å²) in [6, 6.07) is 25.6. The molecule has 5 rings (SSSR count). The van der Waals surface area contributed by atoms with Crippen molar-refractivity contribution in [2.24, 2.45) is 0 Å². The summed E-state index contributed by atoms with van der Waals surface area (Å²) >= 11 is 0. The van der Waals surface area contributed by atoms with Gasteiger partial charge in [-0.25, -0.2) is 9.78 Å². The number of para-hydroxylation sites is 1. The zero-order chi connectivity index (χ0) is 25.3. The summed E-state index contributed by atoms with van der Waals surface area (Å²) in [7, 11) is 0. The van der Waals surface area contributed by atoms with Crippen LogP contribution in [0.2, 0.25) is 0 Å². The molecule has 0 radical (unpaired) electrons. The van der Waals surface area contributed by atoms with Crippen molar-refractivity contribution in [3.63, 3.8) is 0 Å². The third-order valence-corrected chi connectivity index (χ3v) is 6.72. The molecule has 1 aliphatic rings. The molecule has 0 spiro atoms. The number of fused-ring (bicyclic) bond motifs is 2. The fourth-order valence-corrected chi connectivity index (χ4v) is 4.69. The lowest BCUT2D eigenvalue weighted by Crippen LogP contribution is -2.10.